The van der Waals surface area contributed by atoms with Crippen LogP contribution in [0.5, 0.6) is 5.75 Å². The number of esters is 1. The summed E-state index contributed by atoms with van der Waals surface area (Å²) in [6, 6.07) is 13.8. The summed E-state index contributed by atoms with van der Waals surface area (Å²) in [7, 11) is 1.35. The molecule has 2 heterocycles. The standard InChI is InChI=1S/C25H24ClNO6/c1-15(24(29)27-11-5-6-16(14-27)25(30)31-2)32-17-9-10-19-20(13-23(28)33-22(19)12-17)18-7-3-4-8-21(18)26/h3-4,7-10,12-13,15-16H,5-6,11,14H2,1-2H3. The number of carbonyl (C=O) groups is 2. The van der Waals surface area contributed by atoms with Crippen LogP contribution in [0.3, 0.4) is 0 Å². The van der Waals surface area contributed by atoms with Crippen LogP contribution in [-0.2, 0) is 14.3 Å². The number of methoxy groups -OCH3 is 1. The van der Waals surface area contributed by atoms with Crippen LogP contribution >= 0.6 is 11.6 Å². The Hall–Kier alpha value is -3.32. The van der Waals surface area contributed by atoms with Gasteiger partial charge in [0.05, 0.1) is 13.0 Å². The van der Waals surface area contributed by atoms with Gasteiger partial charge < -0.3 is 18.8 Å². The van der Waals surface area contributed by atoms with Gasteiger partial charge in [0.25, 0.3) is 5.91 Å². The van der Waals surface area contributed by atoms with Crippen LogP contribution in [0.1, 0.15) is 19.8 Å². The Bertz CT molecular complexity index is 1250. The van der Waals surface area contributed by atoms with Crippen molar-refractivity contribution in [3.63, 3.8) is 0 Å². The first kappa shape index (κ1) is 22.9. The molecule has 172 valence electrons. The summed E-state index contributed by atoms with van der Waals surface area (Å²) in [6.45, 7) is 2.53. The number of amides is 1. The van der Waals surface area contributed by atoms with Gasteiger partial charge in [-0.25, -0.2) is 4.79 Å². The molecule has 0 aliphatic carbocycles. The van der Waals surface area contributed by atoms with Crippen LogP contribution in [0.4, 0.5) is 0 Å². The normalized spacial score (nSPS) is 16.9. The quantitative estimate of drug-likeness (QED) is 0.409. The predicted molar refractivity (Wildman–Crippen MR) is 124 cm³/mol. The molecule has 0 radical (unpaired) electrons. The molecule has 1 aliphatic rings. The maximum absolute atomic E-state index is 12.9. The van der Waals surface area contributed by atoms with Crippen molar-refractivity contribution in [1.29, 1.82) is 0 Å². The van der Waals surface area contributed by atoms with E-state index in [0.29, 0.717) is 46.8 Å². The van der Waals surface area contributed by atoms with E-state index in [-0.39, 0.29) is 17.8 Å². The molecular weight excluding hydrogens is 446 g/mol. The summed E-state index contributed by atoms with van der Waals surface area (Å²) < 4.78 is 16.1. The molecule has 7 nitrogen and oxygen atoms in total. The first-order chi connectivity index (χ1) is 15.9. The number of carbonyl (C=O) groups excluding carboxylic acids is 2. The molecule has 2 aromatic carbocycles. The SMILES string of the molecule is COC(=O)C1CCCN(C(=O)C(C)Oc2ccc3c(-c4ccccc4Cl)cc(=O)oc3c2)C1. The number of hydrogen-bond donors (Lipinski definition) is 0. The molecule has 8 heteroatoms. The summed E-state index contributed by atoms with van der Waals surface area (Å²) in [6.07, 6.45) is 0.644. The lowest BCUT2D eigenvalue weighted by Gasteiger charge is -2.33. The Labute approximate surface area is 195 Å². The molecule has 2 unspecified atom stereocenters. The van der Waals surface area contributed by atoms with Gasteiger partial charge in [0.15, 0.2) is 6.10 Å². The third kappa shape index (κ3) is 4.88. The number of fused-ring (bicyclic) bond motifs is 1. The van der Waals surface area contributed by atoms with E-state index < -0.39 is 11.7 Å². The number of ether oxygens (including phenoxy) is 2. The van der Waals surface area contributed by atoms with E-state index in [1.807, 2.05) is 18.2 Å². The minimum absolute atomic E-state index is 0.213. The second-order valence-corrected chi connectivity index (χ2v) is 8.43. The highest BCUT2D eigenvalue weighted by Crippen LogP contribution is 2.34. The lowest BCUT2D eigenvalue weighted by molar-refractivity contribution is -0.150. The highest BCUT2D eigenvalue weighted by Gasteiger charge is 2.31. The van der Waals surface area contributed by atoms with Crippen LogP contribution in [0.2, 0.25) is 5.02 Å². The number of piperidine rings is 1. The van der Waals surface area contributed by atoms with Crippen molar-refractivity contribution in [1.82, 2.24) is 4.90 Å². The highest BCUT2D eigenvalue weighted by atomic mass is 35.5. The Morgan fingerprint density at radius 3 is 2.70 bits per heavy atom. The molecule has 0 N–H and O–H groups in total. The molecular formula is C25H24ClNO6. The van der Waals surface area contributed by atoms with E-state index in [4.69, 9.17) is 25.5 Å². The highest BCUT2D eigenvalue weighted by molar-refractivity contribution is 6.33. The van der Waals surface area contributed by atoms with Gasteiger partial charge in [0.1, 0.15) is 11.3 Å². The summed E-state index contributed by atoms with van der Waals surface area (Å²) >= 11 is 6.33. The number of benzene rings is 2. The monoisotopic (exact) mass is 469 g/mol. The molecule has 2 atom stereocenters. The van der Waals surface area contributed by atoms with Gasteiger partial charge in [-0.05, 0) is 38.0 Å². The zero-order valence-corrected chi connectivity index (χ0v) is 19.1. The molecule has 0 saturated carbocycles. The summed E-state index contributed by atoms with van der Waals surface area (Å²) in [5.41, 5.74) is 1.20. The molecule has 1 fully saturated rings. The van der Waals surface area contributed by atoms with E-state index in [2.05, 4.69) is 0 Å². The van der Waals surface area contributed by atoms with Crippen molar-refractivity contribution >= 4 is 34.4 Å². The van der Waals surface area contributed by atoms with Crippen LogP contribution in [0.15, 0.2) is 57.7 Å². The molecule has 1 saturated heterocycles. The Kier molecular flexibility index (Phi) is 6.70. The van der Waals surface area contributed by atoms with Crippen molar-refractivity contribution in [3.8, 4) is 16.9 Å². The van der Waals surface area contributed by atoms with Crippen molar-refractivity contribution in [2.75, 3.05) is 20.2 Å². The van der Waals surface area contributed by atoms with Gasteiger partial charge in [-0.2, -0.15) is 0 Å². The summed E-state index contributed by atoms with van der Waals surface area (Å²) in [5.74, 6) is -0.447. The molecule has 3 aromatic rings. The minimum Gasteiger partial charge on any atom is -0.481 e. The molecule has 0 spiro atoms. The second-order valence-electron chi connectivity index (χ2n) is 8.02. The smallest absolute Gasteiger partial charge is 0.336 e. The van der Waals surface area contributed by atoms with Crippen molar-refractivity contribution in [2.45, 2.75) is 25.9 Å². The van der Waals surface area contributed by atoms with Gasteiger partial charge in [-0.3, -0.25) is 9.59 Å². The van der Waals surface area contributed by atoms with E-state index >= 15 is 0 Å². The number of rotatable bonds is 5. The van der Waals surface area contributed by atoms with Crippen molar-refractivity contribution in [2.24, 2.45) is 5.92 Å². The third-order valence-corrected chi connectivity index (χ3v) is 6.14. The first-order valence-electron chi connectivity index (χ1n) is 10.7. The van der Waals surface area contributed by atoms with Crippen LogP contribution in [0, 0.1) is 5.92 Å². The zero-order valence-electron chi connectivity index (χ0n) is 18.4. The molecule has 1 aromatic heterocycles. The number of hydrogen-bond acceptors (Lipinski definition) is 6. The molecule has 1 amide bonds. The fraction of sp³-hybridized carbons (Fsp3) is 0.320. The van der Waals surface area contributed by atoms with Crippen LogP contribution < -0.4 is 10.4 Å². The van der Waals surface area contributed by atoms with E-state index in [0.717, 1.165) is 12.0 Å². The average Bonchev–Trinajstić information content (AvgIpc) is 2.82. The van der Waals surface area contributed by atoms with Crippen LogP contribution in [0.25, 0.3) is 22.1 Å². The van der Waals surface area contributed by atoms with E-state index in [9.17, 15) is 14.4 Å². The maximum atomic E-state index is 12.9. The van der Waals surface area contributed by atoms with Crippen molar-refractivity contribution < 1.29 is 23.5 Å². The Morgan fingerprint density at radius 1 is 1.15 bits per heavy atom. The van der Waals surface area contributed by atoms with Gasteiger partial charge in [-0.1, -0.05) is 29.8 Å². The fourth-order valence-corrected chi connectivity index (χ4v) is 4.40. The summed E-state index contributed by atoms with van der Waals surface area (Å²) in [4.78, 5) is 38.6. The largest absolute Gasteiger partial charge is 0.481 e. The lowest BCUT2D eigenvalue weighted by atomic mass is 9.98. The molecule has 0 bridgehead atoms. The first-order valence-corrected chi connectivity index (χ1v) is 11.1. The average molecular weight is 470 g/mol. The van der Waals surface area contributed by atoms with Crippen LogP contribution in [-0.4, -0.2) is 43.1 Å². The lowest BCUT2D eigenvalue weighted by Crippen LogP contribution is -2.47. The molecule has 33 heavy (non-hydrogen) atoms. The second kappa shape index (κ2) is 9.67. The van der Waals surface area contributed by atoms with Gasteiger partial charge >= 0.3 is 11.6 Å². The number of nitrogens with zero attached hydrogens (tertiary/aromatic N) is 1. The van der Waals surface area contributed by atoms with Gasteiger partial charge in [-0.15, -0.1) is 0 Å². The Morgan fingerprint density at radius 2 is 1.94 bits per heavy atom. The topological polar surface area (TPSA) is 86.0 Å². The van der Waals surface area contributed by atoms with Crippen molar-refractivity contribution in [3.05, 3.63) is 64.0 Å². The van der Waals surface area contributed by atoms with Gasteiger partial charge in [0.2, 0.25) is 0 Å². The molecule has 1 aliphatic heterocycles. The zero-order chi connectivity index (χ0) is 23.5. The minimum atomic E-state index is -0.780. The van der Waals surface area contributed by atoms with Gasteiger partial charge in [0, 0.05) is 46.8 Å². The van der Waals surface area contributed by atoms with E-state index in [1.165, 1.54) is 13.2 Å². The maximum Gasteiger partial charge on any atom is 0.336 e. The predicted octanol–water partition coefficient (Wildman–Crippen LogP) is 4.29. The van der Waals surface area contributed by atoms with E-state index in [1.54, 1.807) is 36.1 Å². The number of likely N-dealkylation sites (tertiary alicyclic amines) is 1. The third-order valence-electron chi connectivity index (χ3n) is 5.81. The molecule has 4 rings (SSSR count). The Balaban J connectivity index is 1.56. The number of halogens is 1. The fourth-order valence-electron chi connectivity index (χ4n) is 4.17. The summed E-state index contributed by atoms with van der Waals surface area (Å²) in [5, 5.41) is 1.22.